The van der Waals surface area contributed by atoms with Gasteiger partial charge in [0.05, 0.1) is 4.70 Å². The van der Waals surface area contributed by atoms with Crippen LogP contribution in [0.3, 0.4) is 0 Å². The number of anilines is 1. The molecule has 1 aromatic carbocycles. The van der Waals surface area contributed by atoms with Gasteiger partial charge in [-0.25, -0.2) is 4.39 Å². The number of nitrogen functional groups attached to an aromatic ring is 1. The highest BCUT2D eigenvalue weighted by molar-refractivity contribution is 7.99. The molecule has 0 saturated heterocycles. The van der Waals surface area contributed by atoms with Crippen molar-refractivity contribution in [3.05, 3.63) is 23.3 Å². The first-order chi connectivity index (χ1) is 6.24. The summed E-state index contributed by atoms with van der Waals surface area (Å²) in [4.78, 5) is 0.978. The first-order valence-electron chi connectivity index (χ1n) is 3.73. The average molecular weight is 213 g/mol. The number of hydrogen-bond donors (Lipinski definition) is 1. The molecule has 2 N–H and O–H groups in total. The Morgan fingerprint density at radius 2 is 2.23 bits per heavy atom. The summed E-state index contributed by atoms with van der Waals surface area (Å²) in [5.41, 5.74) is 6.49. The van der Waals surface area contributed by atoms with E-state index in [0.717, 1.165) is 15.3 Å². The van der Waals surface area contributed by atoms with Crippen LogP contribution >= 0.6 is 23.1 Å². The predicted octanol–water partition coefficient (Wildman–Crippen LogP) is 3.34. The summed E-state index contributed by atoms with van der Waals surface area (Å²) in [5, 5.41) is 2.19. The van der Waals surface area contributed by atoms with Crippen molar-refractivity contribution in [2.45, 2.75) is 4.90 Å². The quantitative estimate of drug-likeness (QED) is 0.580. The van der Waals surface area contributed by atoms with Crippen molar-refractivity contribution in [1.82, 2.24) is 0 Å². The van der Waals surface area contributed by atoms with Gasteiger partial charge in [-0.3, -0.25) is 0 Å². The molecule has 4 heteroatoms. The highest BCUT2D eigenvalue weighted by Crippen LogP contribution is 2.36. The average Bonchev–Trinajstić information content (AvgIpc) is 2.48. The minimum Gasteiger partial charge on any atom is -0.398 e. The molecule has 0 fully saturated rings. The van der Waals surface area contributed by atoms with E-state index in [4.69, 9.17) is 5.73 Å². The molecule has 0 unspecified atom stereocenters. The van der Waals surface area contributed by atoms with Crippen LogP contribution < -0.4 is 5.73 Å². The topological polar surface area (TPSA) is 26.0 Å². The van der Waals surface area contributed by atoms with E-state index in [9.17, 15) is 4.39 Å². The van der Waals surface area contributed by atoms with Crippen molar-refractivity contribution >= 4 is 38.9 Å². The van der Waals surface area contributed by atoms with E-state index in [-0.39, 0.29) is 5.82 Å². The van der Waals surface area contributed by atoms with Crippen LogP contribution in [-0.2, 0) is 0 Å². The van der Waals surface area contributed by atoms with E-state index in [0.29, 0.717) is 5.39 Å². The summed E-state index contributed by atoms with van der Waals surface area (Å²) < 4.78 is 14.1. The zero-order valence-electron chi connectivity index (χ0n) is 7.00. The fraction of sp³-hybridized carbons (Fsp3) is 0.111. The van der Waals surface area contributed by atoms with Gasteiger partial charge < -0.3 is 5.73 Å². The van der Waals surface area contributed by atoms with E-state index in [1.165, 1.54) is 16.7 Å². The Kier molecular flexibility index (Phi) is 2.17. The Hall–Kier alpha value is -0.740. The summed E-state index contributed by atoms with van der Waals surface area (Å²) in [7, 11) is 0. The molecule has 1 heterocycles. The van der Waals surface area contributed by atoms with Gasteiger partial charge in [-0.05, 0) is 18.4 Å². The highest BCUT2D eigenvalue weighted by Gasteiger charge is 2.09. The van der Waals surface area contributed by atoms with Gasteiger partial charge in [0.25, 0.3) is 0 Å². The largest absolute Gasteiger partial charge is 0.398 e. The van der Waals surface area contributed by atoms with Gasteiger partial charge in [0, 0.05) is 21.3 Å². The van der Waals surface area contributed by atoms with Crippen molar-refractivity contribution in [3.8, 4) is 0 Å². The maximum atomic E-state index is 13.2. The first-order valence-corrected chi connectivity index (χ1v) is 5.83. The summed E-state index contributed by atoms with van der Waals surface area (Å²) >= 11 is 2.96. The molecule has 1 aromatic heterocycles. The molecule has 1 nitrogen and oxygen atoms in total. The van der Waals surface area contributed by atoms with E-state index in [1.54, 1.807) is 23.9 Å². The Morgan fingerprint density at radius 3 is 2.92 bits per heavy atom. The zero-order chi connectivity index (χ0) is 9.42. The summed E-state index contributed by atoms with van der Waals surface area (Å²) in [6.07, 6.45) is 1.95. The van der Waals surface area contributed by atoms with Crippen LogP contribution in [0.25, 0.3) is 10.1 Å². The van der Waals surface area contributed by atoms with Crippen molar-refractivity contribution < 1.29 is 4.39 Å². The standard InChI is InChI=1S/C9H8FNS2/c1-12-9-7(11)3-2-5-6(10)4-13-8(5)9/h2-4H,11H2,1H3. The number of fused-ring (bicyclic) bond motifs is 1. The van der Waals surface area contributed by atoms with Crippen molar-refractivity contribution in [3.63, 3.8) is 0 Å². The molecule has 68 valence electrons. The van der Waals surface area contributed by atoms with E-state index in [2.05, 4.69) is 0 Å². The normalized spacial score (nSPS) is 10.9. The number of nitrogens with two attached hydrogens (primary N) is 1. The molecule has 0 saturated carbocycles. The third-order valence-electron chi connectivity index (χ3n) is 1.88. The van der Waals surface area contributed by atoms with Gasteiger partial charge in [-0.2, -0.15) is 0 Å². The fourth-order valence-electron chi connectivity index (χ4n) is 1.27. The van der Waals surface area contributed by atoms with Crippen LogP contribution in [0.5, 0.6) is 0 Å². The van der Waals surface area contributed by atoms with Crippen LogP contribution in [0.2, 0.25) is 0 Å². The molecule has 0 aliphatic heterocycles. The molecular weight excluding hydrogens is 205 g/mol. The van der Waals surface area contributed by atoms with Crippen LogP contribution in [0.4, 0.5) is 10.1 Å². The monoisotopic (exact) mass is 213 g/mol. The van der Waals surface area contributed by atoms with Crippen LogP contribution in [-0.4, -0.2) is 6.26 Å². The molecule has 13 heavy (non-hydrogen) atoms. The van der Waals surface area contributed by atoms with Gasteiger partial charge in [-0.15, -0.1) is 23.1 Å². The molecule has 2 aromatic rings. The molecule has 0 amide bonds. The summed E-state index contributed by atoms with van der Waals surface area (Å²) in [6, 6.07) is 3.49. The van der Waals surface area contributed by atoms with Crippen molar-refractivity contribution in [1.29, 1.82) is 0 Å². The lowest BCUT2D eigenvalue weighted by atomic mass is 10.2. The number of thioether (sulfide) groups is 1. The smallest absolute Gasteiger partial charge is 0.141 e. The molecule has 0 aliphatic rings. The third kappa shape index (κ3) is 1.30. The van der Waals surface area contributed by atoms with E-state index >= 15 is 0 Å². The predicted molar refractivity (Wildman–Crippen MR) is 58.0 cm³/mol. The minimum absolute atomic E-state index is 0.157. The molecule has 0 spiro atoms. The maximum absolute atomic E-state index is 13.2. The molecule has 0 atom stereocenters. The fourth-order valence-corrected chi connectivity index (χ4v) is 3.13. The molecular formula is C9H8FNS2. The number of rotatable bonds is 1. The van der Waals surface area contributed by atoms with Gasteiger partial charge in [0.2, 0.25) is 0 Å². The van der Waals surface area contributed by atoms with E-state index < -0.39 is 0 Å². The Morgan fingerprint density at radius 1 is 1.46 bits per heavy atom. The third-order valence-corrected chi connectivity index (χ3v) is 3.85. The first kappa shape index (κ1) is 8.84. The lowest BCUT2D eigenvalue weighted by Crippen LogP contribution is -1.87. The van der Waals surface area contributed by atoms with Crippen LogP contribution in [0.15, 0.2) is 22.4 Å². The van der Waals surface area contributed by atoms with Gasteiger partial charge >= 0.3 is 0 Å². The Labute approximate surface area is 83.7 Å². The Bertz CT molecular complexity index is 450. The summed E-state index contributed by atoms with van der Waals surface area (Å²) in [5.74, 6) is -0.157. The molecule has 0 radical (unpaired) electrons. The van der Waals surface area contributed by atoms with Gasteiger partial charge in [-0.1, -0.05) is 0 Å². The second-order valence-corrected chi connectivity index (χ2v) is 4.34. The SMILES string of the molecule is CSc1c(N)ccc2c(F)csc12. The van der Waals surface area contributed by atoms with E-state index in [1.807, 2.05) is 6.26 Å². The van der Waals surface area contributed by atoms with Crippen molar-refractivity contribution in [2.24, 2.45) is 0 Å². The van der Waals surface area contributed by atoms with Gasteiger partial charge in [0.15, 0.2) is 0 Å². The maximum Gasteiger partial charge on any atom is 0.141 e. The Balaban J connectivity index is 2.85. The lowest BCUT2D eigenvalue weighted by molar-refractivity contribution is 0.644. The van der Waals surface area contributed by atoms with Crippen molar-refractivity contribution in [2.75, 3.05) is 12.0 Å². The summed E-state index contributed by atoms with van der Waals surface area (Å²) in [6.45, 7) is 0. The number of halogens is 1. The highest BCUT2D eigenvalue weighted by atomic mass is 32.2. The second kappa shape index (κ2) is 3.20. The number of thiophene rings is 1. The lowest BCUT2D eigenvalue weighted by Gasteiger charge is -2.02. The minimum atomic E-state index is -0.157. The molecule has 0 bridgehead atoms. The molecule has 0 aliphatic carbocycles. The number of hydrogen-bond acceptors (Lipinski definition) is 3. The second-order valence-electron chi connectivity index (χ2n) is 2.65. The zero-order valence-corrected chi connectivity index (χ0v) is 8.64. The van der Waals surface area contributed by atoms with Gasteiger partial charge in [0.1, 0.15) is 5.82 Å². The number of benzene rings is 1. The van der Waals surface area contributed by atoms with Crippen LogP contribution in [0.1, 0.15) is 0 Å². The van der Waals surface area contributed by atoms with Crippen LogP contribution in [0, 0.1) is 5.82 Å². The molecule has 2 rings (SSSR count).